The Bertz CT molecular complexity index is 3870. The lowest BCUT2D eigenvalue weighted by Crippen LogP contribution is -2.29. The minimum atomic E-state index is -0.564. The molecule has 0 atom stereocenters. The lowest BCUT2D eigenvalue weighted by molar-refractivity contribution is 0.775. The normalized spacial score (nSPS) is 12.8. The summed E-state index contributed by atoms with van der Waals surface area (Å²) in [7, 11) is 0. The van der Waals surface area contributed by atoms with E-state index < -0.39 is 5.41 Å². The number of hydrogen-bond acceptors (Lipinski definition) is 3. The van der Waals surface area contributed by atoms with Crippen LogP contribution in [-0.4, -0.2) is 9.97 Å². The maximum Gasteiger partial charge on any atom is 0.160 e. The van der Waals surface area contributed by atoms with E-state index in [0.717, 1.165) is 50.3 Å². The molecule has 2 aromatic heterocycles. The van der Waals surface area contributed by atoms with Gasteiger partial charge < -0.3 is 0 Å². The third kappa shape index (κ3) is 5.83. The highest BCUT2D eigenvalue weighted by molar-refractivity contribution is 7.25. The van der Waals surface area contributed by atoms with E-state index in [1.54, 1.807) is 0 Å². The smallest absolute Gasteiger partial charge is 0.160 e. The van der Waals surface area contributed by atoms with Crippen molar-refractivity contribution in [2.45, 2.75) is 5.41 Å². The minimum absolute atomic E-state index is 0.564. The highest BCUT2D eigenvalue weighted by Gasteiger charge is 2.49. The Morgan fingerprint density at radius 1 is 0.279 bits per heavy atom. The molecule has 316 valence electrons. The first kappa shape index (κ1) is 38.7. The summed E-state index contributed by atoms with van der Waals surface area (Å²) in [5.41, 5.74) is 21.4. The van der Waals surface area contributed by atoms with E-state index in [9.17, 15) is 0 Å². The molecule has 2 aliphatic carbocycles. The summed E-state index contributed by atoms with van der Waals surface area (Å²) in [5.74, 6) is 0.684. The van der Waals surface area contributed by atoms with Crippen LogP contribution < -0.4 is 0 Å². The molecule has 10 aromatic carbocycles. The zero-order chi connectivity index (χ0) is 44.8. The third-order valence-electron chi connectivity index (χ3n) is 14.3. The van der Waals surface area contributed by atoms with Gasteiger partial charge >= 0.3 is 0 Å². The predicted octanol–water partition coefficient (Wildman–Crippen LogP) is 17.2. The molecule has 0 bridgehead atoms. The number of benzene rings is 10. The van der Waals surface area contributed by atoms with Gasteiger partial charge in [0.15, 0.2) is 5.82 Å². The molecule has 2 nitrogen and oxygen atoms in total. The van der Waals surface area contributed by atoms with Crippen LogP contribution in [-0.2, 0) is 5.41 Å². The molecule has 0 fully saturated rings. The van der Waals surface area contributed by atoms with E-state index in [1.807, 2.05) is 11.3 Å². The van der Waals surface area contributed by atoms with Crippen LogP contribution >= 0.6 is 11.3 Å². The van der Waals surface area contributed by atoms with Crippen molar-refractivity contribution in [1.82, 2.24) is 9.97 Å². The molecule has 68 heavy (non-hydrogen) atoms. The van der Waals surface area contributed by atoms with Crippen LogP contribution in [0.4, 0.5) is 0 Å². The summed E-state index contributed by atoms with van der Waals surface area (Å²) in [4.78, 5) is 11.2. The maximum atomic E-state index is 5.62. The molecule has 0 N–H and O–H groups in total. The monoisotopic (exact) mass is 880 g/mol. The number of thiophene rings is 1. The van der Waals surface area contributed by atoms with Gasteiger partial charge in [-0.05, 0) is 120 Å². The fourth-order valence-corrected chi connectivity index (χ4v) is 12.5. The van der Waals surface area contributed by atoms with E-state index in [-0.39, 0.29) is 0 Å². The second-order valence-corrected chi connectivity index (χ2v) is 19.0. The van der Waals surface area contributed by atoms with Gasteiger partial charge in [-0.3, -0.25) is 0 Å². The fraction of sp³-hybridized carbons (Fsp3) is 0.0154. The lowest BCUT2D eigenvalue weighted by atomic mass is 9.66. The van der Waals surface area contributed by atoms with Gasteiger partial charge in [-0.1, -0.05) is 200 Å². The zero-order valence-electron chi connectivity index (χ0n) is 36.9. The van der Waals surface area contributed by atoms with Crippen molar-refractivity contribution in [2.24, 2.45) is 0 Å². The summed E-state index contributed by atoms with van der Waals surface area (Å²) in [6, 6.07) is 88.9. The molecule has 0 radical (unpaired) electrons. The number of nitrogens with zero attached hydrogens (tertiary/aromatic N) is 2. The van der Waals surface area contributed by atoms with Crippen molar-refractivity contribution < 1.29 is 0 Å². The molecule has 0 saturated carbocycles. The van der Waals surface area contributed by atoms with Gasteiger partial charge in [-0.15, -0.1) is 11.3 Å². The molecule has 1 spiro atoms. The van der Waals surface area contributed by atoms with Crippen LogP contribution in [0.5, 0.6) is 0 Å². The third-order valence-corrected chi connectivity index (χ3v) is 15.5. The zero-order valence-corrected chi connectivity index (χ0v) is 37.7. The van der Waals surface area contributed by atoms with Gasteiger partial charge in [0.1, 0.15) is 0 Å². The van der Waals surface area contributed by atoms with Gasteiger partial charge in [-0.2, -0.15) is 0 Å². The van der Waals surface area contributed by atoms with Crippen molar-refractivity contribution in [2.75, 3.05) is 0 Å². The SMILES string of the molecule is c1ccc(-c2cc(-c3ccccc3)cc(-c3cc(-c4cccc5sc6ccccc6c45)nc(-c4ccc5c(c4)-c4ccccc4-c4ccccc4C54c5ccccc5-c5ccccc54)n3)c2)cc1. The fourth-order valence-electron chi connectivity index (χ4n) is 11.4. The Labute approximate surface area is 399 Å². The number of hydrogen-bond donors (Lipinski definition) is 0. The van der Waals surface area contributed by atoms with Crippen LogP contribution in [0, 0.1) is 0 Å². The second kappa shape index (κ2) is 15.3. The minimum Gasteiger partial charge on any atom is -0.228 e. The molecular weight excluding hydrogens is 841 g/mol. The van der Waals surface area contributed by atoms with Crippen LogP contribution in [0.3, 0.4) is 0 Å². The van der Waals surface area contributed by atoms with Crippen molar-refractivity contribution in [3.8, 4) is 89.5 Å². The van der Waals surface area contributed by atoms with Gasteiger partial charge in [0.2, 0.25) is 0 Å². The molecule has 0 amide bonds. The van der Waals surface area contributed by atoms with E-state index in [2.05, 4.69) is 243 Å². The predicted molar refractivity (Wildman–Crippen MR) is 284 cm³/mol. The summed E-state index contributed by atoms with van der Waals surface area (Å²) >= 11 is 1.83. The van der Waals surface area contributed by atoms with E-state index in [4.69, 9.17) is 9.97 Å². The highest BCUT2D eigenvalue weighted by Crippen LogP contribution is 2.61. The van der Waals surface area contributed by atoms with Crippen LogP contribution in [0.1, 0.15) is 22.3 Å². The first-order valence-electron chi connectivity index (χ1n) is 23.3. The second-order valence-electron chi connectivity index (χ2n) is 18.0. The maximum absolute atomic E-state index is 5.62. The van der Waals surface area contributed by atoms with E-state index in [1.165, 1.54) is 75.8 Å². The number of fused-ring (bicyclic) bond motifs is 15. The lowest BCUT2D eigenvalue weighted by Gasteiger charge is -2.35. The first-order valence-corrected chi connectivity index (χ1v) is 24.1. The summed E-state index contributed by atoms with van der Waals surface area (Å²) < 4.78 is 2.51. The Morgan fingerprint density at radius 2 is 0.750 bits per heavy atom. The van der Waals surface area contributed by atoms with Crippen LogP contribution in [0.25, 0.3) is 110 Å². The van der Waals surface area contributed by atoms with Crippen molar-refractivity contribution >= 4 is 31.5 Å². The first-order chi connectivity index (χ1) is 33.7. The molecule has 3 heteroatoms. The Hall–Kier alpha value is -8.50. The molecule has 2 aliphatic rings. The topological polar surface area (TPSA) is 25.8 Å². The molecule has 12 aromatic rings. The van der Waals surface area contributed by atoms with Crippen molar-refractivity contribution in [3.05, 3.63) is 265 Å². The summed E-state index contributed by atoms with van der Waals surface area (Å²) in [6.45, 7) is 0. The van der Waals surface area contributed by atoms with Gasteiger partial charge in [0, 0.05) is 36.9 Å². The number of aromatic nitrogens is 2. The summed E-state index contributed by atoms with van der Waals surface area (Å²) in [6.07, 6.45) is 0. The molecular formula is C65H40N2S. The average Bonchev–Trinajstić information content (AvgIpc) is 3.92. The summed E-state index contributed by atoms with van der Waals surface area (Å²) in [5, 5.41) is 2.46. The molecule has 14 rings (SSSR count). The molecule has 0 aliphatic heterocycles. The quantitative estimate of drug-likeness (QED) is 0.172. The molecule has 0 unspecified atom stereocenters. The van der Waals surface area contributed by atoms with E-state index >= 15 is 0 Å². The Kier molecular flexibility index (Phi) is 8.71. The molecule has 2 heterocycles. The van der Waals surface area contributed by atoms with Gasteiger partial charge in [0.05, 0.1) is 16.8 Å². The van der Waals surface area contributed by atoms with Gasteiger partial charge in [0.25, 0.3) is 0 Å². The van der Waals surface area contributed by atoms with Crippen LogP contribution in [0.15, 0.2) is 243 Å². The highest BCUT2D eigenvalue weighted by atomic mass is 32.1. The van der Waals surface area contributed by atoms with Crippen molar-refractivity contribution in [1.29, 1.82) is 0 Å². The molecule has 0 saturated heterocycles. The largest absolute Gasteiger partial charge is 0.228 e. The van der Waals surface area contributed by atoms with E-state index in [0.29, 0.717) is 5.82 Å². The number of rotatable bonds is 5. The Morgan fingerprint density at radius 3 is 1.40 bits per heavy atom. The van der Waals surface area contributed by atoms with Crippen molar-refractivity contribution in [3.63, 3.8) is 0 Å². The Balaban J connectivity index is 1.06. The van der Waals surface area contributed by atoms with Crippen LogP contribution in [0.2, 0.25) is 0 Å². The van der Waals surface area contributed by atoms with Gasteiger partial charge in [-0.25, -0.2) is 9.97 Å². The standard InChI is InChI=1S/C65H40N2S/c1-3-18-41(19-4-1)44-36-45(42-20-5-2-6-21-42)38-46(37-44)59-40-60(52-28-17-33-62-63(52)53-27-12-16-32-61(53)68-62)67-64(66-59)43-34-35-58-54(39-43)48-23-8-7-22-47(48)49-24-9-13-29-55(49)65(58)56-30-14-10-25-50(56)51-26-11-15-31-57(51)65/h1-40H. The average molecular weight is 881 g/mol.